The van der Waals surface area contributed by atoms with Gasteiger partial charge in [-0.3, -0.25) is 0 Å². The fourth-order valence-electron chi connectivity index (χ4n) is 2.52. The zero-order valence-electron chi connectivity index (χ0n) is 14.2. The second kappa shape index (κ2) is 7.03. The zero-order chi connectivity index (χ0) is 18.7. The Bertz CT molecular complexity index is 895. The maximum Gasteiger partial charge on any atom is 0.418 e. The van der Waals surface area contributed by atoms with Crippen LogP contribution in [0.1, 0.15) is 11.3 Å². The van der Waals surface area contributed by atoms with E-state index < -0.39 is 11.7 Å². The Labute approximate surface area is 149 Å². The van der Waals surface area contributed by atoms with E-state index >= 15 is 0 Å². The molecule has 4 nitrogen and oxygen atoms in total. The molecular formula is C19H17F3N4. The molecule has 0 unspecified atom stereocenters. The Hall–Kier alpha value is -3.09. The van der Waals surface area contributed by atoms with Crippen LogP contribution >= 0.6 is 0 Å². The van der Waals surface area contributed by atoms with Gasteiger partial charge >= 0.3 is 6.18 Å². The molecule has 26 heavy (non-hydrogen) atoms. The Morgan fingerprint density at radius 1 is 0.923 bits per heavy atom. The van der Waals surface area contributed by atoms with Crippen LogP contribution < -0.4 is 10.2 Å². The molecule has 1 aromatic heterocycles. The highest BCUT2D eigenvalue weighted by atomic mass is 19.4. The minimum atomic E-state index is -4.46. The maximum absolute atomic E-state index is 13.2. The van der Waals surface area contributed by atoms with E-state index in [2.05, 4.69) is 15.3 Å². The first-order valence-electron chi connectivity index (χ1n) is 7.92. The molecule has 0 aliphatic carbocycles. The van der Waals surface area contributed by atoms with Gasteiger partial charge in [-0.15, -0.1) is 0 Å². The second-order valence-corrected chi connectivity index (χ2v) is 5.75. The maximum atomic E-state index is 13.2. The highest BCUT2D eigenvalue weighted by Gasteiger charge is 2.33. The number of alkyl halides is 3. The predicted octanol–water partition coefficient (Wildman–Crippen LogP) is 5.32. The lowest BCUT2D eigenvalue weighted by Crippen LogP contribution is -2.14. The van der Waals surface area contributed by atoms with Gasteiger partial charge in [-0.05, 0) is 31.2 Å². The number of halogens is 3. The Balaban J connectivity index is 1.95. The minimum Gasteiger partial charge on any atom is -0.329 e. The Kier molecular flexibility index (Phi) is 4.79. The molecule has 1 N–H and O–H groups in total. The molecule has 3 aromatic rings. The monoisotopic (exact) mass is 358 g/mol. The summed E-state index contributed by atoms with van der Waals surface area (Å²) in [5.74, 6) is 0.690. The quantitative estimate of drug-likeness (QED) is 0.686. The molecule has 0 saturated heterocycles. The van der Waals surface area contributed by atoms with Gasteiger partial charge in [0.2, 0.25) is 5.95 Å². The first kappa shape index (κ1) is 17.7. The number of nitrogens with one attached hydrogen (secondary N) is 1. The topological polar surface area (TPSA) is 41.1 Å². The smallest absolute Gasteiger partial charge is 0.329 e. The summed E-state index contributed by atoms with van der Waals surface area (Å²) in [5, 5.41) is 2.70. The Morgan fingerprint density at radius 3 is 2.27 bits per heavy atom. The van der Waals surface area contributed by atoms with E-state index in [4.69, 9.17) is 0 Å². The average Bonchev–Trinajstić information content (AvgIpc) is 2.61. The second-order valence-electron chi connectivity index (χ2n) is 5.75. The summed E-state index contributed by atoms with van der Waals surface area (Å²) in [7, 11) is 1.84. The highest BCUT2D eigenvalue weighted by molar-refractivity contribution is 5.63. The molecule has 2 aromatic carbocycles. The van der Waals surface area contributed by atoms with Crippen molar-refractivity contribution in [3.8, 4) is 0 Å². The van der Waals surface area contributed by atoms with Gasteiger partial charge in [-0.25, -0.2) is 4.98 Å². The number of anilines is 4. The number of para-hydroxylation sites is 2. The number of aromatic nitrogens is 2. The van der Waals surface area contributed by atoms with Crippen molar-refractivity contribution in [1.82, 2.24) is 9.97 Å². The van der Waals surface area contributed by atoms with Gasteiger partial charge in [0.25, 0.3) is 0 Å². The first-order chi connectivity index (χ1) is 12.3. The number of hydrogen-bond donors (Lipinski definition) is 1. The lowest BCUT2D eigenvalue weighted by atomic mass is 10.1. The van der Waals surface area contributed by atoms with Crippen molar-refractivity contribution in [2.75, 3.05) is 17.3 Å². The van der Waals surface area contributed by atoms with Crippen LogP contribution in [-0.2, 0) is 6.18 Å². The zero-order valence-corrected chi connectivity index (χ0v) is 14.2. The molecule has 1 heterocycles. The summed E-state index contributed by atoms with van der Waals surface area (Å²) >= 11 is 0. The molecular weight excluding hydrogens is 341 g/mol. The van der Waals surface area contributed by atoms with E-state index in [1.807, 2.05) is 42.3 Å². The molecule has 0 fully saturated rings. The van der Waals surface area contributed by atoms with Gasteiger partial charge in [0, 0.05) is 24.5 Å². The van der Waals surface area contributed by atoms with Crippen LogP contribution in [0, 0.1) is 6.92 Å². The fourth-order valence-corrected chi connectivity index (χ4v) is 2.52. The van der Waals surface area contributed by atoms with Crippen LogP contribution in [0.5, 0.6) is 0 Å². The van der Waals surface area contributed by atoms with E-state index in [9.17, 15) is 13.2 Å². The third-order valence-electron chi connectivity index (χ3n) is 3.81. The van der Waals surface area contributed by atoms with Crippen LogP contribution in [0.15, 0.2) is 60.7 Å². The van der Waals surface area contributed by atoms with Crippen molar-refractivity contribution in [3.05, 3.63) is 71.9 Å². The number of benzene rings is 2. The summed E-state index contributed by atoms with van der Waals surface area (Å²) in [5.41, 5.74) is 0.707. The molecule has 0 aliphatic heterocycles. The van der Waals surface area contributed by atoms with E-state index in [1.165, 1.54) is 18.2 Å². The van der Waals surface area contributed by atoms with Crippen molar-refractivity contribution in [1.29, 1.82) is 0 Å². The number of aryl methyl sites for hydroxylation is 1. The third kappa shape index (κ3) is 3.93. The number of rotatable bonds is 4. The lowest BCUT2D eigenvalue weighted by Gasteiger charge is -2.20. The van der Waals surface area contributed by atoms with Crippen LogP contribution in [0.25, 0.3) is 0 Å². The fraction of sp³-hybridized carbons (Fsp3) is 0.158. The summed E-state index contributed by atoms with van der Waals surface area (Å²) in [6, 6.07) is 16.6. The third-order valence-corrected chi connectivity index (χ3v) is 3.81. The summed E-state index contributed by atoms with van der Waals surface area (Å²) in [6.07, 6.45) is -4.46. The van der Waals surface area contributed by atoms with Gasteiger partial charge in [-0.2, -0.15) is 18.2 Å². The van der Waals surface area contributed by atoms with Crippen LogP contribution in [0.2, 0.25) is 0 Å². The lowest BCUT2D eigenvalue weighted by molar-refractivity contribution is -0.136. The molecule has 134 valence electrons. The highest BCUT2D eigenvalue weighted by Crippen LogP contribution is 2.35. The van der Waals surface area contributed by atoms with Gasteiger partial charge in [0.15, 0.2) is 0 Å². The van der Waals surface area contributed by atoms with E-state index in [0.717, 1.165) is 11.8 Å². The molecule has 0 aliphatic rings. The van der Waals surface area contributed by atoms with Crippen LogP contribution in [-0.4, -0.2) is 17.0 Å². The molecule has 0 atom stereocenters. The van der Waals surface area contributed by atoms with E-state index in [0.29, 0.717) is 11.5 Å². The molecule has 0 spiro atoms. The Morgan fingerprint density at radius 2 is 1.58 bits per heavy atom. The normalized spacial score (nSPS) is 11.3. The van der Waals surface area contributed by atoms with Crippen molar-refractivity contribution < 1.29 is 13.2 Å². The predicted molar refractivity (Wildman–Crippen MR) is 96.0 cm³/mol. The summed E-state index contributed by atoms with van der Waals surface area (Å²) in [4.78, 5) is 10.4. The largest absolute Gasteiger partial charge is 0.418 e. The van der Waals surface area contributed by atoms with Crippen LogP contribution in [0.3, 0.4) is 0 Å². The van der Waals surface area contributed by atoms with Gasteiger partial charge < -0.3 is 10.2 Å². The van der Waals surface area contributed by atoms with E-state index in [-0.39, 0.29) is 11.6 Å². The summed E-state index contributed by atoms with van der Waals surface area (Å²) < 4.78 is 39.5. The van der Waals surface area contributed by atoms with Crippen molar-refractivity contribution in [3.63, 3.8) is 0 Å². The first-order valence-corrected chi connectivity index (χ1v) is 7.92. The molecule has 0 bridgehead atoms. The molecule has 0 amide bonds. The van der Waals surface area contributed by atoms with Crippen LogP contribution in [0.4, 0.5) is 36.3 Å². The number of hydrogen-bond acceptors (Lipinski definition) is 4. The SMILES string of the molecule is Cc1cc(N(C)c2ccccc2)nc(Nc2ccccc2C(F)(F)F)n1. The van der Waals surface area contributed by atoms with Crippen molar-refractivity contribution >= 4 is 23.1 Å². The minimum absolute atomic E-state index is 0.0843. The molecule has 7 heteroatoms. The van der Waals surface area contributed by atoms with Crippen molar-refractivity contribution in [2.24, 2.45) is 0 Å². The standard InChI is InChI=1S/C19H17F3N4/c1-13-12-17(26(2)14-8-4-3-5-9-14)25-18(23-13)24-16-11-7-6-10-15(16)19(20,21)22/h3-12H,1-2H3,(H,23,24,25). The van der Waals surface area contributed by atoms with E-state index in [1.54, 1.807) is 13.0 Å². The summed E-state index contributed by atoms with van der Waals surface area (Å²) in [6.45, 7) is 1.77. The van der Waals surface area contributed by atoms with Crippen molar-refractivity contribution in [2.45, 2.75) is 13.1 Å². The molecule has 0 radical (unpaired) electrons. The van der Waals surface area contributed by atoms with Gasteiger partial charge in [0.05, 0.1) is 11.3 Å². The molecule has 3 rings (SSSR count). The number of nitrogens with zero attached hydrogens (tertiary/aromatic N) is 3. The van der Waals surface area contributed by atoms with Gasteiger partial charge in [-0.1, -0.05) is 30.3 Å². The van der Waals surface area contributed by atoms with Gasteiger partial charge in [0.1, 0.15) is 5.82 Å². The molecule has 0 saturated carbocycles. The average molecular weight is 358 g/mol.